The van der Waals surface area contributed by atoms with Crippen LogP contribution in [0.1, 0.15) is 97.3 Å². The molecule has 0 heterocycles. The van der Waals surface area contributed by atoms with Gasteiger partial charge in [-0.25, -0.2) is 0 Å². The Morgan fingerprint density at radius 3 is 1.59 bits per heavy atom. The highest BCUT2D eigenvalue weighted by Gasteiger charge is 2.13. The molecule has 0 aromatic rings. The van der Waals surface area contributed by atoms with E-state index in [4.69, 9.17) is 4.74 Å². The normalized spacial score (nSPS) is 12.0. The third-order valence-electron chi connectivity index (χ3n) is 4.45. The summed E-state index contributed by atoms with van der Waals surface area (Å²) in [6.45, 7) is 7.60. The van der Waals surface area contributed by atoms with Crippen molar-refractivity contribution < 1.29 is 9.22 Å². The number of nitrogens with zero attached hydrogens (tertiary/aromatic N) is 1. The quantitative estimate of drug-likeness (QED) is 0.178. The Morgan fingerprint density at radius 1 is 0.591 bits per heavy atom. The minimum atomic E-state index is 0.876. The molecule has 2 nitrogen and oxygen atoms in total. The Kier molecular flexibility index (Phi) is 15.7. The van der Waals surface area contributed by atoms with Crippen LogP contribution in [0, 0.1) is 0 Å². The van der Waals surface area contributed by atoms with Crippen LogP contribution in [0.25, 0.3) is 0 Å². The molecular weight excluding hydrogens is 270 g/mol. The second kappa shape index (κ2) is 15.8. The van der Waals surface area contributed by atoms with Gasteiger partial charge in [-0.2, -0.15) is 0 Å². The summed E-state index contributed by atoms with van der Waals surface area (Å²) < 4.78 is 6.83. The average molecular weight is 315 g/mol. The van der Waals surface area contributed by atoms with Crippen LogP contribution in [0.15, 0.2) is 0 Å². The van der Waals surface area contributed by atoms with Gasteiger partial charge in [-0.3, -0.25) is 0 Å². The Morgan fingerprint density at radius 2 is 1.05 bits per heavy atom. The molecule has 0 fully saturated rings. The second-order valence-electron chi connectivity index (χ2n) is 7.59. The minimum absolute atomic E-state index is 0.876. The summed E-state index contributed by atoms with van der Waals surface area (Å²) >= 11 is 0. The van der Waals surface area contributed by atoms with E-state index in [1.807, 2.05) is 0 Å². The maximum Gasteiger partial charge on any atom is 0.182 e. The van der Waals surface area contributed by atoms with Crippen molar-refractivity contribution in [2.24, 2.45) is 0 Å². The average Bonchev–Trinajstić information content (AvgIpc) is 2.49. The third-order valence-corrected chi connectivity index (χ3v) is 4.45. The van der Waals surface area contributed by atoms with E-state index in [1.165, 1.54) is 90.0 Å². The molecule has 0 atom stereocenters. The van der Waals surface area contributed by atoms with Gasteiger partial charge in [0.2, 0.25) is 0 Å². The number of rotatable bonds is 17. The van der Waals surface area contributed by atoms with E-state index < -0.39 is 0 Å². The van der Waals surface area contributed by atoms with Gasteiger partial charge in [0.25, 0.3) is 0 Å². The van der Waals surface area contributed by atoms with Crippen LogP contribution < -0.4 is 0 Å². The van der Waals surface area contributed by atoms with Crippen LogP contribution in [-0.4, -0.2) is 38.5 Å². The SMILES string of the molecule is CCCCCCCCCCCC[N+](C)(C)COCCCCC. The first-order chi connectivity index (χ1) is 10.6. The van der Waals surface area contributed by atoms with Crippen molar-refractivity contribution in [2.45, 2.75) is 97.3 Å². The lowest BCUT2D eigenvalue weighted by atomic mass is 10.1. The number of hydrogen-bond donors (Lipinski definition) is 0. The highest BCUT2D eigenvalue weighted by molar-refractivity contribution is 4.47. The molecule has 0 amide bonds. The van der Waals surface area contributed by atoms with Crippen molar-refractivity contribution in [3.05, 3.63) is 0 Å². The zero-order valence-electron chi connectivity index (χ0n) is 16.2. The number of quaternary nitrogens is 1. The summed E-state index contributed by atoms with van der Waals surface area (Å²) in [5.41, 5.74) is 0. The van der Waals surface area contributed by atoms with E-state index >= 15 is 0 Å². The van der Waals surface area contributed by atoms with Gasteiger partial charge in [-0.15, -0.1) is 0 Å². The molecule has 0 aromatic heterocycles. The lowest BCUT2D eigenvalue weighted by Gasteiger charge is -2.29. The molecule has 0 saturated carbocycles. The van der Waals surface area contributed by atoms with E-state index in [9.17, 15) is 0 Å². The molecule has 0 aliphatic heterocycles. The van der Waals surface area contributed by atoms with Crippen molar-refractivity contribution in [1.82, 2.24) is 0 Å². The summed E-state index contributed by atoms with van der Waals surface area (Å²) in [7, 11) is 4.60. The molecule has 0 unspecified atom stereocenters. The Bertz CT molecular complexity index is 216. The molecule has 0 spiro atoms. The standard InChI is InChI=1S/C20H44NO/c1-5-7-9-10-11-12-13-14-15-16-18-21(3,4)20-22-19-17-8-6-2/h5-20H2,1-4H3/q+1. The zero-order valence-corrected chi connectivity index (χ0v) is 16.2. The topological polar surface area (TPSA) is 9.23 Å². The van der Waals surface area contributed by atoms with Crippen molar-refractivity contribution >= 4 is 0 Å². The fraction of sp³-hybridized carbons (Fsp3) is 1.00. The van der Waals surface area contributed by atoms with Gasteiger partial charge in [0.05, 0.1) is 27.2 Å². The molecule has 0 saturated heterocycles. The molecule has 0 N–H and O–H groups in total. The molecule has 0 aromatic carbocycles. The molecular formula is C20H44NO+. The van der Waals surface area contributed by atoms with Crippen LogP contribution in [0.3, 0.4) is 0 Å². The lowest BCUT2D eigenvalue weighted by Crippen LogP contribution is -2.42. The molecule has 22 heavy (non-hydrogen) atoms. The van der Waals surface area contributed by atoms with Crippen LogP contribution >= 0.6 is 0 Å². The van der Waals surface area contributed by atoms with Gasteiger partial charge in [-0.1, -0.05) is 78.1 Å². The van der Waals surface area contributed by atoms with Gasteiger partial charge < -0.3 is 9.22 Å². The van der Waals surface area contributed by atoms with E-state index in [0.717, 1.165) is 17.8 Å². The predicted molar refractivity (Wildman–Crippen MR) is 99.2 cm³/mol. The second-order valence-corrected chi connectivity index (χ2v) is 7.59. The van der Waals surface area contributed by atoms with Crippen LogP contribution in [0.2, 0.25) is 0 Å². The van der Waals surface area contributed by atoms with Gasteiger partial charge in [0, 0.05) is 0 Å². The predicted octanol–water partition coefficient (Wildman–Crippen LogP) is 6.15. The highest BCUT2D eigenvalue weighted by Crippen LogP contribution is 2.11. The zero-order chi connectivity index (χ0) is 16.5. The first kappa shape index (κ1) is 21.9. The largest absolute Gasteiger partial charge is 0.332 e. The van der Waals surface area contributed by atoms with Crippen molar-refractivity contribution in [1.29, 1.82) is 0 Å². The monoisotopic (exact) mass is 314 g/mol. The maximum atomic E-state index is 5.82. The fourth-order valence-corrected chi connectivity index (χ4v) is 2.86. The molecule has 0 radical (unpaired) electrons. The number of unbranched alkanes of at least 4 members (excludes halogenated alkanes) is 11. The van der Waals surface area contributed by atoms with E-state index in [1.54, 1.807) is 0 Å². The number of hydrogen-bond acceptors (Lipinski definition) is 1. The first-order valence-electron chi connectivity index (χ1n) is 10.0. The smallest absolute Gasteiger partial charge is 0.182 e. The van der Waals surface area contributed by atoms with Gasteiger partial charge >= 0.3 is 0 Å². The van der Waals surface area contributed by atoms with Crippen LogP contribution in [0.5, 0.6) is 0 Å². The van der Waals surface area contributed by atoms with Crippen molar-refractivity contribution in [3.8, 4) is 0 Å². The summed E-state index contributed by atoms with van der Waals surface area (Å²) in [5.74, 6) is 0. The maximum absolute atomic E-state index is 5.82. The Labute approximate surface area is 141 Å². The molecule has 0 aliphatic carbocycles. The summed E-state index contributed by atoms with van der Waals surface area (Å²) in [6.07, 6.45) is 18.0. The minimum Gasteiger partial charge on any atom is -0.332 e. The van der Waals surface area contributed by atoms with E-state index in [2.05, 4.69) is 27.9 Å². The van der Waals surface area contributed by atoms with E-state index in [0.29, 0.717) is 0 Å². The first-order valence-corrected chi connectivity index (χ1v) is 10.0. The Balaban J connectivity index is 3.30. The number of ether oxygens (including phenoxy) is 1. The van der Waals surface area contributed by atoms with Gasteiger partial charge in [0.15, 0.2) is 6.73 Å². The summed E-state index contributed by atoms with van der Waals surface area (Å²) in [6, 6.07) is 0. The van der Waals surface area contributed by atoms with Crippen LogP contribution in [-0.2, 0) is 4.74 Å². The highest BCUT2D eigenvalue weighted by atomic mass is 16.5. The lowest BCUT2D eigenvalue weighted by molar-refractivity contribution is -0.909. The summed E-state index contributed by atoms with van der Waals surface area (Å²) in [5, 5.41) is 0. The van der Waals surface area contributed by atoms with Crippen molar-refractivity contribution in [3.63, 3.8) is 0 Å². The molecule has 0 aliphatic rings. The third kappa shape index (κ3) is 16.3. The summed E-state index contributed by atoms with van der Waals surface area (Å²) in [4.78, 5) is 0. The van der Waals surface area contributed by atoms with Crippen molar-refractivity contribution in [2.75, 3.05) is 34.0 Å². The Hall–Kier alpha value is -0.0800. The molecule has 0 bridgehead atoms. The van der Waals surface area contributed by atoms with Gasteiger partial charge in [0.1, 0.15) is 0 Å². The van der Waals surface area contributed by atoms with Crippen LogP contribution in [0.4, 0.5) is 0 Å². The van der Waals surface area contributed by atoms with E-state index in [-0.39, 0.29) is 0 Å². The molecule has 2 heteroatoms. The van der Waals surface area contributed by atoms with Gasteiger partial charge in [-0.05, 0) is 19.3 Å². The fourth-order valence-electron chi connectivity index (χ4n) is 2.86. The molecule has 0 rings (SSSR count). The molecule has 134 valence electrons.